The molecule has 2 rings (SSSR count). The van der Waals surface area contributed by atoms with Crippen LogP contribution < -0.4 is 11.2 Å². The third-order valence-corrected chi connectivity index (χ3v) is 3.21. The summed E-state index contributed by atoms with van der Waals surface area (Å²) in [5.41, 5.74) is -0.956. The first-order valence-corrected chi connectivity index (χ1v) is 6.69. The minimum absolute atomic E-state index is 0.191. The van der Waals surface area contributed by atoms with Crippen molar-refractivity contribution in [2.45, 2.75) is 52.6 Å². The second-order valence-corrected chi connectivity index (χ2v) is 4.34. The molecule has 2 heterocycles. The summed E-state index contributed by atoms with van der Waals surface area (Å²) in [6.07, 6.45) is 0.685. The molecule has 1 aromatic heterocycles. The zero-order valence-electron chi connectivity index (χ0n) is 11.8. The van der Waals surface area contributed by atoms with Gasteiger partial charge in [-0.05, 0) is 6.42 Å². The highest BCUT2D eigenvalue weighted by atomic mass is 16.5. The van der Waals surface area contributed by atoms with Gasteiger partial charge in [0.15, 0.2) is 0 Å². The van der Waals surface area contributed by atoms with E-state index >= 15 is 0 Å². The van der Waals surface area contributed by atoms with E-state index in [-0.39, 0.29) is 12.0 Å². The second-order valence-electron chi connectivity index (χ2n) is 4.34. The number of aliphatic hydroxyl groups is 1. The fourth-order valence-corrected chi connectivity index (χ4v) is 2.18. The average Bonchev–Trinajstić information content (AvgIpc) is 2.69. The molecule has 1 aliphatic heterocycles. The Morgan fingerprint density at radius 2 is 2.05 bits per heavy atom. The molecule has 1 saturated heterocycles. The monoisotopic (exact) mass is 270 g/mol. The highest BCUT2D eigenvalue weighted by Crippen LogP contribution is 2.34. The summed E-state index contributed by atoms with van der Waals surface area (Å²) in [5.74, 6) is -0.191. The Bertz CT molecular complexity index is 508. The van der Waals surface area contributed by atoms with Gasteiger partial charge in [-0.15, -0.1) is 0 Å². The molecule has 4 unspecified atom stereocenters. The molecule has 19 heavy (non-hydrogen) atoms. The highest BCUT2D eigenvalue weighted by Gasteiger charge is 2.41. The van der Waals surface area contributed by atoms with Gasteiger partial charge in [0, 0.05) is 18.2 Å². The van der Waals surface area contributed by atoms with Crippen LogP contribution in [0.2, 0.25) is 0 Å². The van der Waals surface area contributed by atoms with Gasteiger partial charge < -0.3 is 9.84 Å². The van der Waals surface area contributed by atoms with Crippen LogP contribution in [0.15, 0.2) is 21.9 Å². The van der Waals surface area contributed by atoms with Crippen LogP contribution in [-0.2, 0) is 4.74 Å². The summed E-state index contributed by atoms with van der Waals surface area (Å²) in [5, 5.41) is 9.92. The van der Waals surface area contributed by atoms with E-state index in [4.69, 9.17) is 4.74 Å². The van der Waals surface area contributed by atoms with Crippen molar-refractivity contribution >= 4 is 0 Å². The predicted octanol–water partition coefficient (Wildman–Crippen LogP) is 0.867. The molecular weight excluding hydrogens is 248 g/mol. The molecule has 0 bridgehead atoms. The molecule has 0 saturated carbocycles. The van der Waals surface area contributed by atoms with Crippen LogP contribution in [0.4, 0.5) is 0 Å². The summed E-state index contributed by atoms with van der Waals surface area (Å²) < 4.78 is 6.94. The van der Waals surface area contributed by atoms with Crippen molar-refractivity contribution in [2.75, 3.05) is 0 Å². The van der Waals surface area contributed by atoms with Gasteiger partial charge in [-0.25, -0.2) is 4.79 Å². The van der Waals surface area contributed by atoms with E-state index in [1.807, 2.05) is 27.7 Å². The number of H-pyrrole nitrogens is 1. The minimum atomic E-state index is -0.594. The first-order valence-electron chi connectivity index (χ1n) is 6.69. The fraction of sp³-hybridized carbons (Fsp3) is 0.692. The Hall–Kier alpha value is -1.40. The van der Waals surface area contributed by atoms with Gasteiger partial charge >= 0.3 is 5.69 Å². The number of aromatic amines is 1. The summed E-state index contributed by atoms with van der Waals surface area (Å²) >= 11 is 0. The minimum Gasteiger partial charge on any atom is -0.390 e. The topological polar surface area (TPSA) is 84.3 Å². The fourth-order valence-electron chi connectivity index (χ4n) is 2.18. The van der Waals surface area contributed by atoms with E-state index in [0.29, 0.717) is 6.42 Å². The molecule has 0 aromatic carbocycles. The van der Waals surface area contributed by atoms with E-state index in [1.165, 1.54) is 16.8 Å². The molecule has 108 valence electrons. The van der Waals surface area contributed by atoms with Crippen LogP contribution in [0.25, 0.3) is 0 Å². The van der Waals surface area contributed by atoms with Gasteiger partial charge in [0.2, 0.25) is 0 Å². The Labute approximate surface area is 112 Å². The lowest BCUT2D eigenvalue weighted by Crippen LogP contribution is -2.33. The first kappa shape index (κ1) is 15.7. The summed E-state index contributed by atoms with van der Waals surface area (Å²) in [4.78, 5) is 24.8. The zero-order chi connectivity index (χ0) is 14.6. The Morgan fingerprint density at radius 3 is 2.53 bits per heavy atom. The summed E-state index contributed by atoms with van der Waals surface area (Å²) in [6.45, 7) is 7.74. The number of aromatic nitrogens is 2. The van der Waals surface area contributed by atoms with Crippen molar-refractivity contribution < 1.29 is 9.84 Å². The van der Waals surface area contributed by atoms with Crippen LogP contribution in [0, 0.1) is 5.92 Å². The lowest BCUT2D eigenvalue weighted by Gasteiger charge is -2.17. The van der Waals surface area contributed by atoms with Crippen LogP contribution in [0.3, 0.4) is 0 Å². The van der Waals surface area contributed by atoms with Crippen molar-refractivity contribution in [1.82, 2.24) is 9.55 Å². The molecule has 0 amide bonds. The van der Waals surface area contributed by atoms with Crippen molar-refractivity contribution in [3.63, 3.8) is 0 Å². The number of rotatable bonds is 2. The van der Waals surface area contributed by atoms with Crippen LogP contribution >= 0.6 is 0 Å². The van der Waals surface area contributed by atoms with E-state index in [2.05, 4.69) is 4.98 Å². The maximum Gasteiger partial charge on any atom is 0.330 e. The zero-order valence-corrected chi connectivity index (χ0v) is 11.8. The Morgan fingerprint density at radius 1 is 1.42 bits per heavy atom. The number of aliphatic hydroxyl groups excluding tert-OH is 1. The van der Waals surface area contributed by atoms with Gasteiger partial charge in [-0.2, -0.15) is 0 Å². The summed E-state index contributed by atoms with van der Waals surface area (Å²) in [7, 11) is 0. The van der Waals surface area contributed by atoms with Crippen molar-refractivity contribution in [3.05, 3.63) is 33.1 Å². The summed E-state index contributed by atoms with van der Waals surface area (Å²) in [6, 6.07) is 1.27. The molecular formula is C13H22N2O4. The van der Waals surface area contributed by atoms with E-state index < -0.39 is 23.6 Å². The van der Waals surface area contributed by atoms with Gasteiger partial charge in [0.05, 0.1) is 12.2 Å². The molecule has 0 spiro atoms. The normalized spacial score (nSPS) is 29.7. The second kappa shape index (κ2) is 6.68. The lowest BCUT2D eigenvalue weighted by atomic mass is 10.0. The van der Waals surface area contributed by atoms with Crippen molar-refractivity contribution in [1.29, 1.82) is 0 Å². The quantitative estimate of drug-likeness (QED) is 0.835. The third kappa shape index (κ3) is 3.13. The smallest absolute Gasteiger partial charge is 0.330 e. The van der Waals surface area contributed by atoms with Crippen LogP contribution in [0.1, 0.15) is 40.3 Å². The molecule has 1 fully saturated rings. The number of hydrogen-bond donors (Lipinski definition) is 2. The average molecular weight is 270 g/mol. The molecule has 1 aliphatic rings. The van der Waals surface area contributed by atoms with Gasteiger partial charge in [0.25, 0.3) is 5.56 Å². The molecule has 6 nitrogen and oxygen atoms in total. The lowest BCUT2D eigenvalue weighted by molar-refractivity contribution is -0.0250. The number of nitrogens with zero attached hydrogens (tertiary/aromatic N) is 1. The van der Waals surface area contributed by atoms with Crippen LogP contribution in [0.5, 0.6) is 0 Å². The molecule has 0 aliphatic carbocycles. The Balaban J connectivity index is 0.000000861. The molecule has 1 aromatic rings. The predicted molar refractivity (Wildman–Crippen MR) is 72.0 cm³/mol. The van der Waals surface area contributed by atoms with E-state index in [0.717, 1.165) is 0 Å². The molecule has 2 N–H and O–H groups in total. The standard InChI is InChI=1S/C11H16N2O4.C2H6/c1-3-7-9(15)6(2)10(17-7)13-5-4-8(14)12-11(13)16;1-2/h4-7,9-10,15H,3H2,1-2H3,(H,12,14,16);1-2H3. The SMILES string of the molecule is CC.CCC1OC(n2ccc(=O)[nH]c2=O)C(C)C1O. The van der Waals surface area contributed by atoms with Gasteiger partial charge in [-0.3, -0.25) is 14.3 Å². The van der Waals surface area contributed by atoms with Crippen LogP contribution in [-0.4, -0.2) is 26.9 Å². The van der Waals surface area contributed by atoms with Gasteiger partial charge in [-0.1, -0.05) is 27.7 Å². The number of nitrogens with one attached hydrogen (secondary N) is 1. The maximum atomic E-state index is 11.6. The number of ether oxygens (including phenoxy) is 1. The Kier molecular flexibility index (Phi) is 5.50. The molecule has 4 atom stereocenters. The maximum absolute atomic E-state index is 11.6. The molecule has 6 heteroatoms. The first-order chi connectivity index (χ1) is 9.04. The van der Waals surface area contributed by atoms with Gasteiger partial charge in [0.1, 0.15) is 6.23 Å². The highest BCUT2D eigenvalue weighted by molar-refractivity contribution is 4.91. The number of hydrogen-bond acceptors (Lipinski definition) is 4. The van der Waals surface area contributed by atoms with E-state index in [1.54, 1.807) is 0 Å². The van der Waals surface area contributed by atoms with Crippen molar-refractivity contribution in [3.8, 4) is 0 Å². The molecule has 0 radical (unpaired) electrons. The largest absolute Gasteiger partial charge is 0.390 e. The van der Waals surface area contributed by atoms with E-state index in [9.17, 15) is 14.7 Å². The third-order valence-electron chi connectivity index (χ3n) is 3.21. The van der Waals surface area contributed by atoms with Crippen molar-refractivity contribution in [2.24, 2.45) is 5.92 Å².